The maximum absolute atomic E-state index is 12.2. The summed E-state index contributed by atoms with van der Waals surface area (Å²) in [5.41, 5.74) is 3.55. The molecule has 4 nitrogen and oxygen atoms in total. The number of rotatable bonds is 7. The van der Waals surface area contributed by atoms with Crippen molar-refractivity contribution in [2.45, 2.75) is 25.9 Å². The standard InChI is InChI=1S/C22H28ClN3O/c1-25-10-12-26(13-11-25)17-20-6-2-5-19(14-20)16-24-22(27)9-8-18-4-3-7-21(23)15-18/h2-7,14-15H,8-13,16-17H2,1H3,(H,24,27). The molecule has 5 heteroatoms. The van der Waals surface area contributed by atoms with Crippen molar-refractivity contribution in [3.8, 4) is 0 Å². The maximum atomic E-state index is 12.2. The highest BCUT2D eigenvalue weighted by atomic mass is 35.5. The lowest BCUT2D eigenvalue weighted by Gasteiger charge is -2.32. The van der Waals surface area contributed by atoms with Crippen LogP contribution in [0.25, 0.3) is 0 Å². The van der Waals surface area contributed by atoms with Crippen molar-refractivity contribution in [1.29, 1.82) is 0 Å². The van der Waals surface area contributed by atoms with Gasteiger partial charge in [0, 0.05) is 50.7 Å². The summed E-state index contributed by atoms with van der Waals surface area (Å²) in [5, 5.41) is 3.74. The summed E-state index contributed by atoms with van der Waals surface area (Å²) in [6, 6.07) is 16.2. The van der Waals surface area contributed by atoms with Crippen molar-refractivity contribution in [2.24, 2.45) is 0 Å². The zero-order valence-corrected chi connectivity index (χ0v) is 16.7. The monoisotopic (exact) mass is 385 g/mol. The van der Waals surface area contributed by atoms with Crippen LogP contribution in [0.4, 0.5) is 0 Å². The summed E-state index contributed by atoms with van der Waals surface area (Å²) < 4.78 is 0. The SMILES string of the molecule is CN1CCN(Cc2cccc(CNC(=O)CCc3cccc(Cl)c3)c2)CC1. The molecule has 0 spiro atoms. The van der Waals surface area contributed by atoms with E-state index in [-0.39, 0.29) is 5.91 Å². The predicted octanol–water partition coefficient (Wildman–Crippen LogP) is 3.34. The Bertz CT molecular complexity index is 757. The van der Waals surface area contributed by atoms with Crippen molar-refractivity contribution in [3.05, 3.63) is 70.2 Å². The number of carbonyl (C=O) groups is 1. The summed E-state index contributed by atoms with van der Waals surface area (Å²) in [5.74, 6) is 0.0689. The quantitative estimate of drug-likeness (QED) is 0.794. The van der Waals surface area contributed by atoms with E-state index in [1.807, 2.05) is 24.3 Å². The third-order valence-corrected chi connectivity index (χ3v) is 5.25. The molecule has 0 aliphatic carbocycles. The molecule has 1 aliphatic rings. The Balaban J connectivity index is 1.44. The van der Waals surface area contributed by atoms with Crippen LogP contribution in [0.2, 0.25) is 5.02 Å². The second-order valence-corrected chi connectivity index (χ2v) is 7.74. The molecule has 1 saturated heterocycles. The fourth-order valence-electron chi connectivity index (χ4n) is 3.34. The molecule has 2 aromatic rings. The van der Waals surface area contributed by atoms with Gasteiger partial charge in [-0.1, -0.05) is 48.0 Å². The fraction of sp³-hybridized carbons (Fsp3) is 0.409. The van der Waals surface area contributed by atoms with Crippen LogP contribution in [-0.2, 0) is 24.3 Å². The summed E-state index contributed by atoms with van der Waals surface area (Å²) in [6.07, 6.45) is 1.18. The van der Waals surface area contributed by atoms with E-state index < -0.39 is 0 Å². The van der Waals surface area contributed by atoms with Crippen molar-refractivity contribution in [1.82, 2.24) is 15.1 Å². The average molecular weight is 386 g/mol. The van der Waals surface area contributed by atoms with E-state index in [4.69, 9.17) is 11.6 Å². The first-order valence-corrected chi connectivity index (χ1v) is 9.96. The number of nitrogens with zero attached hydrogens (tertiary/aromatic N) is 2. The molecule has 1 aliphatic heterocycles. The van der Waals surface area contributed by atoms with E-state index in [0.29, 0.717) is 24.4 Å². The third-order valence-electron chi connectivity index (χ3n) is 5.01. The second kappa shape index (κ2) is 9.88. The Hall–Kier alpha value is -1.88. The van der Waals surface area contributed by atoms with Gasteiger partial charge in [0.15, 0.2) is 0 Å². The molecule has 3 rings (SSSR count). The van der Waals surface area contributed by atoms with E-state index in [1.165, 1.54) is 5.56 Å². The highest BCUT2D eigenvalue weighted by Gasteiger charge is 2.13. The van der Waals surface area contributed by atoms with Gasteiger partial charge in [0.2, 0.25) is 5.91 Å². The van der Waals surface area contributed by atoms with E-state index in [1.54, 1.807) is 0 Å². The van der Waals surface area contributed by atoms with E-state index in [9.17, 15) is 4.79 Å². The van der Waals surface area contributed by atoms with Crippen molar-refractivity contribution >= 4 is 17.5 Å². The van der Waals surface area contributed by atoms with Gasteiger partial charge in [0.1, 0.15) is 0 Å². The van der Waals surface area contributed by atoms with E-state index in [0.717, 1.165) is 43.9 Å². The van der Waals surface area contributed by atoms with Gasteiger partial charge >= 0.3 is 0 Å². The third kappa shape index (κ3) is 6.65. The average Bonchev–Trinajstić information content (AvgIpc) is 2.67. The zero-order valence-electron chi connectivity index (χ0n) is 16.0. The lowest BCUT2D eigenvalue weighted by atomic mass is 10.1. The Morgan fingerprint density at radius 3 is 2.48 bits per heavy atom. The molecule has 1 heterocycles. The number of aryl methyl sites for hydroxylation is 1. The van der Waals surface area contributed by atoms with Gasteiger partial charge in [-0.25, -0.2) is 0 Å². The van der Waals surface area contributed by atoms with Gasteiger partial charge in [0.05, 0.1) is 0 Å². The highest BCUT2D eigenvalue weighted by molar-refractivity contribution is 6.30. The Kier molecular flexibility index (Phi) is 7.27. The van der Waals surface area contributed by atoms with Crippen LogP contribution in [0.3, 0.4) is 0 Å². The Morgan fingerprint density at radius 1 is 1.00 bits per heavy atom. The molecular weight excluding hydrogens is 358 g/mol. The van der Waals surface area contributed by atoms with Crippen LogP contribution in [0, 0.1) is 0 Å². The molecule has 0 atom stereocenters. The number of amides is 1. The molecule has 144 valence electrons. The van der Waals surface area contributed by atoms with E-state index >= 15 is 0 Å². The van der Waals surface area contributed by atoms with Gasteiger partial charge in [0.25, 0.3) is 0 Å². The number of likely N-dealkylation sites (N-methyl/N-ethyl adjacent to an activating group) is 1. The normalized spacial score (nSPS) is 15.6. The van der Waals surface area contributed by atoms with Crippen molar-refractivity contribution in [2.75, 3.05) is 33.2 Å². The van der Waals surface area contributed by atoms with Gasteiger partial charge in [-0.2, -0.15) is 0 Å². The van der Waals surface area contributed by atoms with Gasteiger partial charge in [-0.05, 0) is 42.3 Å². The van der Waals surface area contributed by atoms with Gasteiger partial charge in [-0.3, -0.25) is 9.69 Å². The number of nitrogens with one attached hydrogen (secondary N) is 1. The smallest absolute Gasteiger partial charge is 0.220 e. The number of hydrogen-bond acceptors (Lipinski definition) is 3. The van der Waals surface area contributed by atoms with Crippen LogP contribution in [0.1, 0.15) is 23.1 Å². The number of benzene rings is 2. The Labute approximate surface area is 167 Å². The first kappa shape index (κ1) is 19.9. The van der Waals surface area contributed by atoms with E-state index in [2.05, 4.69) is 46.4 Å². The van der Waals surface area contributed by atoms with Crippen LogP contribution in [0.15, 0.2) is 48.5 Å². The number of halogens is 1. The molecule has 1 N–H and O–H groups in total. The summed E-state index contributed by atoms with van der Waals surface area (Å²) in [7, 11) is 2.17. The summed E-state index contributed by atoms with van der Waals surface area (Å²) in [6.45, 7) is 6.03. The molecule has 0 aromatic heterocycles. The van der Waals surface area contributed by atoms with Crippen LogP contribution in [0.5, 0.6) is 0 Å². The van der Waals surface area contributed by atoms with Crippen molar-refractivity contribution in [3.63, 3.8) is 0 Å². The largest absolute Gasteiger partial charge is 0.352 e. The molecule has 27 heavy (non-hydrogen) atoms. The lowest BCUT2D eigenvalue weighted by molar-refractivity contribution is -0.121. The molecule has 0 saturated carbocycles. The summed E-state index contributed by atoms with van der Waals surface area (Å²) in [4.78, 5) is 17.0. The molecule has 0 radical (unpaired) electrons. The van der Waals surface area contributed by atoms with Crippen LogP contribution < -0.4 is 5.32 Å². The molecule has 1 amide bonds. The molecule has 2 aromatic carbocycles. The number of hydrogen-bond donors (Lipinski definition) is 1. The predicted molar refractivity (Wildman–Crippen MR) is 111 cm³/mol. The van der Waals surface area contributed by atoms with Crippen molar-refractivity contribution < 1.29 is 4.79 Å². The second-order valence-electron chi connectivity index (χ2n) is 7.31. The minimum Gasteiger partial charge on any atom is -0.352 e. The summed E-state index contributed by atoms with van der Waals surface area (Å²) >= 11 is 5.99. The number of carbonyl (C=O) groups excluding carboxylic acids is 1. The molecular formula is C22H28ClN3O. The van der Waals surface area contributed by atoms with Gasteiger partial charge < -0.3 is 10.2 Å². The minimum absolute atomic E-state index is 0.0689. The number of piperazine rings is 1. The lowest BCUT2D eigenvalue weighted by Crippen LogP contribution is -2.43. The Morgan fingerprint density at radius 2 is 1.70 bits per heavy atom. The molecule has 1 fully saturated rings. The topological polar surface area (TPSA) is 35.6 Å². The van der Waals surface area contributed by atoms with Crippen LogP contribution in [-0.4, -0.2) is 48.9 Å². The maximum Gasteiger partial charge on any atom is 0.220 e. The first-order valence-electron chi connectivity index (χ1n) is 9.58. The van der Waals surface area contributed by atoms with Gasteiger partial charge in [-0.15, -0.1) is 0 Å². The first-order chi connectivity index (χ1) is 13.1. The fourth-order valence-corrected chi connectivity index (χ4v) is 3.55. The highest BCUT2D eigenvalue weighted by Crippen LogP contribution is 2.13. The molecule has 0 bridgehead atoms. The minimum atomic E-state index is 0.0689. The molecule has 0 unspecified atom stereocenters. The van der Waals surface area contributed by atoms with Crippen LogP contribution >= 0.6 is 11.6 Å². The zero-order chi connectivity index (χ0) is 19.1.